The number of aromatic nitrogens is 2. The second-order valence-electron chi connectivity index (χ2n) is 8.79. The van der Waals surface area contributed by atoms with Gasteiger partial charge in [0.1, 0.15) is 5.82 Å². The molecular weight excluding hydrogens is 396 g/mol. The van der Waals surface area contributed by atoms with Crippen molar-refractivity contribution in [2.24, 2.45) is 0 Å². The highest BCUT2D eigenvalue weighted by atomic mass is 16.3. The quantitative estimate of drug-likeness (QED) is 0.574. The number of aliphatic hydroxyl groups is 1. The van der Waals surface area contributed by atoms with Crippen LogP contribution in [0.4, 0.5) is 5.82 Å². The maximum atomic E-state index is 10.4. The van der Waals surface area contributed by atoms with Crippen LogP contribution in [0.1, 0.15) is 23.7 Å². The number of β-amino-alcohol motifs (C(OH)–C–C–N with tert-alkyl or cyclic N) is 1. The average molecular weight is 429 g/mol. The summed E-state index contributed by atoms with van der Waals surface area (Å²) in [5.41, 5.74) is 3.63. The second-order valence-corrected chi connectivity index (χ2v) is 8.79. The van der Waals surface area contributed by atoms with Gasteiger partial charge in [0.05, 0.1) is 5.60 Å². The first-order valence-corrected chi connectivity index (χ1v) is 11.3. The predicted octanol–water partition coefficient (Wildman–Crippen LogP) is 4.10. The maximum absolute atomic E-state index is 10.4. The van der Waals surface area contributed by atoms with Crippen LogP contribution in [-0.2, 0) is 6.42 Å². The number of rotatable bonds is 7. The molecule has 1 N–H and O–H groups in total. The topological polar surface area (TPSA) is 52.5 Å². The van der Waals surface area contributed by atoms with Crippen LogP contribution in [-0.4, -0.2) is 58.3 Å². The minimum atomic E-state index is -0.868. The van der Waals surface area contributed by atoms with Crippen LogP contribution < -0.4 is 4.90 Å². The lowest BCUT2D eigenvalue weighted by Gasteiger charge is -2.38. The Morgan fingerprint density at radius 3 is 2.22 bits per heavy atom. The maximum Gasteiger partial charge on any atom is 0.161 e. The van der Waals surface area contributed by atoms with E-state index < -0.39 is 5.60 Å². The zero-order chi connectivity index (χ0) is 22.6. The van der Waals surface area contributed by atoms with Crippen molar-refractivity contribution < 1.29 is 5.11 Å². The minimum absolute atomic E-state index is 0.597. The van der Waals surface area contributed by atoms with Crippen molar-refractivity contribution in [1.82, 2.24) is 14.9 Å². The third kappa shape index (κ3) is 5.23. The molecule has 1 aromatic heterocycles. The number of aryl methyl sites for hydroxylation is 1. The van der Waals surface area contributed by atoms with Gasteiger partial charge < -0.3 is 10.0 Å². The molecule has 4 rings (SSSR count). The Balaban J connectivity index is 1.64. The molecule has 32 heavy (non-hydrogen) atoms. The van der Waals surface area contributed by atoms with Gasteiger partial charge in [-0.2, -0.15) is 0 Å². The zero-order valence-electron chi connectivity index (χ0n) is 19.0. The summed E-state index contributed by atoms with van der Waals surface area (Å²) in [6.45, 7) is 11.7. The fourth-order valence-corrected chi connectivity index (χ4v) is 4.20. The summed E-state index contributed by atoms with van der Waals surface area (Å²) in [6.07, 6.45) is 2.43. The van der Waals surface area contributed by atoms with Crippen molar-refractivity contribution in [2.45, 2.75) is 25.9 Å². The number of nitrogens with zero attached hydrogens (tertiary/aromatic N) is 4. The Hall–Kier alpha value is -3.02. The van der Waals surface area contributed by atoms with Gasteiger partial charge in [0, 0.05) is 56.0 Å². The molecule has 5 heteroatoms. The Morgan fingerprint density at radius 1 is 0.969 bits per heavy atom. The summed E-state index contributed by atoms with van der Waals surface area (Å²) in [5, 5.41) is 10.4. The van der Waals surface area contributed by atoms with Gasteiger partial charge in [-0.25, -0.2) is 9.97 Å². The Bertz CT molecular complexity index is 1040. The largest absolute Gasteiger partial charge is 0.385 e. The molecule has 0 amide bonds. The van der Waals surface area contributed by atoms with Gasteiger partial charge in [0.25, 0.3) is 0 Å². The van der Waals surface area contributed by atoms with E-state index in [0.717, 1.165) is 55.5 Å². The fourth-order valence-electron chi connectivity index (χ4n) is 4.20. The van der Waals surface area contributed by atoms with E-state index in [2.05, 4.69) is 59.7 Å². The third-order valence-electron chi connectivity index (χ3n) is 6.10. The molecule has 1 saturated heterocycles. The molecule has 0 spiro atoms. The van der Waals surface area contributed by atoms with E-state index in [-0.39, 0.29) is 0 Å². The molecule has 0 radical (unpaired) electrons. The van der Waals surface area contributed by atoms with Crippen molar-refractivity contribution >= 4 is 5.82 Å². The van der Waals surface area contributed by atoms with Crippen LogP contribution in [0.2, 0.25) is 0 Å². The summed E-state index contributed by atoms with van der Waals surface area (Å²) in [5.74, 6) is 1.79. The summed E-state index contributed by atoms with van der Waals surface area (Å²) in [7, 11) is 0. The second kappa shape index (κ2) is 9.63. The van der Waals surface area contributed by atoms with Gasteiger partial charge in [-0.1, -0.05) is 66.7 Å². The highest BCUT2D eigenvalue weighted by molar-refractivity contribution is 5.61. The Labute approximate surface area is 191 Å². The van der Waals surface area contributed by atoms with E-state index in [9.17, 15) is 5.11 Å². The minimum Gasteiger partial charge on any atom is -0.385 e. The molecule has 0 saturated carbocycles. The molecule has 0 aliphatic carbocycles. The lowest BCUT2D eigenvalue weighted by Crippen LogP contribution is -2.51. The first-order valence-electron chi connectivity index (χ1n) is 11.3. The molecule has 1 atom stereocenters. The summed E-state index contributed by atoms with van der Waals surface area (Å²) >= 11 is 0. The Morgan fingerprint density at radius 2 is 1.59 bits per heavy atom. The molecule has 0 bridgehead atoms. The van der Waals surface area contributed by atoms with Crippen LogP contribution >= 0.6 is 0 Å². The number of hydrogen-bond donors (Lipinski definition) is 1. The molecule has 2 aromatic carbocycles. The average Bonchev–Trinajstić information content (AvgIpc) is 2.82. The lowest BCUT2D eigenvalue weighted by molar-refractivity contribution is 0.0596. The first-order chi connectivity index (χ1) is 15.4. The third-order valence-corrected chi connectivity index (χ3v) is 6.10. The SMILES string of the molecule is C=C[C@](C)(O)CN1CCN(c2nc(-c3ccccc3)nc(C)c2Cc2ccccc2)CC1. The van der Waals surface area contributed by atoms with Gasteiger partial charge in [0.15, 0.2) is 5.82 Å². The van der Waals surface area contributed by atoms with Gasteiger partial charge in [-0.05, 0) is 19.4 Å². The summed E-state index contributed by atoms with van der Waals surface area (Å²) in [4.78, 5) is 14.6. The summed E-state index contributed by atoms with van der Waals surface area (Å²) < 4.78 is 0. The van der Waals surface area contributed by atoms with E-state index in [4.69, 9.17) is 9.97 Å². The smallest absolute Gasteiger partial charge is 0.161 e. The van der Waals surface area contributed by atoms with Crippen molar-refractivity contribution in [2.75, 3.05) is 37.6 Å². The Kier molecular flexibility index (Phi) is 6.68. The zero-order valence-corrected chi connectivity index (χ0v) is 19.0. The fraction of sp³-hybridized carbons (Fsp3) is 0.333. The molecule has 0 unspecified atom stereocenters. The van der Waals surface area contributed by atoms with E-state index in [1.54, 1.807) is 6.08 Å². The van der Waals surface area contributed by atoms with E-state index >= 15 is 0 Å². The van der Waals surface area contributed by atoms with Crippen molar-refractivity contribution in [3.8, 4) is 11.4 Å². The molecule has 3 aromatic rings. The lowest BCUT2D eigenvalue weighted by atomic mass is 10.0. The van der Waals surface area contributed by atoms with Crippen LogP contribution in [0.5, 0.6) is 0 Å². The van der Waals surface area contributed by atoms with Crippen LogP contribution in [0, 0.1) is 6.92 Å². The predicted molar refractivity (Wildman–Crippen MR) is 131 cm³/mol. The van der Waals surface area contributed by atoms with E-state index in [1.807, 2.05) is 31.2 Å². The number of benzene rings is 2. The standard InChI is InChI=1S/C27H32N4O/c1-4-27(3,32)20-30-15-17-31(18-16-30)26-24(19-22-11-7-5-8-12-22)21(2)28-25(29-26)23-13-9-6-10-14-23/h4-14,32H,1,15-20H2,2-3H3/t27-/m0/s1. The van der Waals surface area contributed by atoms with Crippen LogP contribution in [0.25, 0.3) is 11.4 Å². The van der Waals surface area contributed by atoms with Crippen molar-refractivity contribution in [3.63, 3.8) is 0 Å². The molecule has 1 aliphatic rings. The first kappa shape index (κ1) is 22.2. The van der Waals surface area contributed by atoms with Crippen molar-refractivity contribution in [3.05, 3.63) is 90.1 Å². The molecule has 1 fully saturated rings. The van der Waals surface area contributed by atoms with Crippen LogP contribution in [0.15, 0.2) is 73.3 Å². The molecular formula is C27H32N4O. The van der Waals surface area contributed by atoms with Gasteiger partial charge in [0.2, 0.25) is 0 Å². The number of anilines is 1. The number of piperazine rings is 1. The van der Waals surface area contributed by atoms with Crippen molar-refractivity contribution in [1.29, 1.82) is 0 Å². The molecule has 1 aliphatic heterocycles. The van der Waals surface area contributed by atoms with Gasteiger partial charge >= 0.3 is 0 Å². The van der Waals surface area contributed by atoms with Crippen LogP contribution in [0.3, 0.4) is 0 Å². The highest BCUT2D eigenvalue weighted by Gasteiger charge is 2.26. The molecule has 5 nitrogen and oxygen atoms in total. The number of hydrogen-bond acceptors (Lipinski definition) is 5. The van der Waals surface area contributed by atoms with E-state index in [0.29, 0.717) is 6.54 Å². The summed E-state index contributed by atoms with van der Waals surface area (Å²) in [6, 6.07) is 20.7. The highest BCUT2D eigenvalue weighted by Crippen LogP contribution is 2.28. The van der Waals surface area contributed by atoms with Gasteiger partial charge in [-0.3, -0.25) is 4.90 Å². The monoisotopic (exact) mass is 428 g/mol. The molecule has 2 heterocycles. The molecule has 166 valence electrons. The van der Waals surface area contributed by atoms with Gasteiger partial charge in [-0.15, -0.1) is 6.58 Å². The normalized spacial score (nSPS) is 16.5. The van der Waals surface area contributed by atoms with E-state index in [1.165, 1.54) is 11.1 Å².